The van der Waals surface area contributed by atoms with Crippen LogP contribution in [0.4, 0.5) is 24.5 Å². The van der Waals surface area contributed by atoms with Gasteiger partial charge in [-0.2, -0.15) is 13.2 Å². The van der Waals surface area contributed by atoms with Crippen LogP contribution in [0.5, 0.6) is 11.5 Å². The van der Waals surface area contributed by atoms with Crippen LogP contribution < -0.4 is 25.0 Å². The predicted octanol–water partition coefficient (Wildman–Crippen LogP) is 3.21. The minimum atomic E-state index is -4.79. The number of anilines is 2. The lowest BCUT2D eigenvalue weighted by molar-refractivity contribution is -0.137. The minimum Gasteiger partial charge on any atom is -0.454 e. The van der Waals surface area contributed by atoms with E-state index in [2.05, 4.69) is 10.6 Å². The highest BCUT2D eigenvalue weighted by molar-refractivity contribution is 7.86. The Hall–Kier alpha value is -3.61. The van der Waals surface area contributed by atoms with Crippen molar-refractivity contribution in [3.8, 4) is 11.5 Å². The van der Waals surface area contributed by atoms with Crippen LogP contribution in [-0.2, 0) is 31.4 Å². The Balaban J connectivity index is 1.44. The van der Waals surface area contributed by atoms with Crippen LogP contribution in [0.15, 0.2) is 42.5 Å². The van der Waals surface area contributed by atoms with Gasteiger partial charge in [-0.05, 0) is 37.1 Å². The maximum absolute atomic E-state index is 13.7. The van der Waals surface area contributed by atoms with Crippen LogP contribution >= 0.6 is 0 Å². The molecule has 1 heterocycles. The molecule has 38 heavy (non-hydrogen) atoms. The first-order valence-corrected chi connectivity index (χ1v) is 13.4. The molecule has 1 aliphatic carbocycles. The predicted molar refractivity (Wildman–Crippen MR) is 133 cm³/mol. The van der Waals surface area contributed by atoms with Gasteiger partial charge in [-0.15, -0.1) is 0 Å². The quantitative estimate of drug-likeness (QED) is 0.493. The SMILES string of the molecule is O=C(CS(=O)CC(=O)N(CC(=O)NC1CCCC1)c1ccccc1C(F)(F)F)Nc1ccc2c(c1)OCO2. The van der Waals surface area contributed by atoms with Crippen molar-refractivity contribution in [3.63, 3.8) is 0 Å². The lowest BCUT2D eigenvalue weighted by atomic mass is 10.1. The van der Waals surface area contributed by atoms with Crippen LogP contribution in [0.25, 0.3) is 0 Å². The number of ether oxygens (including phenoxy) is 2. The molecule has 1 fully saturated rings. The third-order valence-electron chi connectivity index (χ3n) is 6.06. The number of benzene rings is 2. The van der Waals surface area contributed by atoms with Crippen molar-refractivity contribution in [3.05, 3.63) is 48.0 Å². The van der Waals surface area contributed by atoms with Crippen LogP contribution in [0.1, 0.15) is 31.2 Å². The van der Waals surface area contributed by atoms with E-state index < -0.39 is 64.0 Å². The van der Waals surface area contributed by atoms with E-state index in [0.717, 1.165) is 37.8 Å². The molecule has 4 rings (SSSR count). The van der Waals surface area contributed by atoms with Crippen molar-refractivity contribution >= 4 is 39.9 Å². The van der Waals surface area contributed by atoms with Crippen molar-refractivity contribution in [2.45, 2.75) is 37.9 Å². The molecular formula is C25H26F3N3O6S. The third-order valence-corrected chi connectivity index (χ3v) is 7.21. The number of fused-ring (bicyclic) bond motifs is 1. The first-order chi connectivity index (χ1) is 18.1. The Labute approximate surface area is 219 Å². The summed E-state index contributed by atoms with van der Waals surface area (Å²) in [5.41, 5.74) is -1.27. The van der Waals surface area contributed by atoms with E-state index in [4.69, 9.17) is 9.47 Å². The second-order valence-electron chi connectivity index (χ2n) is 8.89. The fourth-order valence-electron chi connectivity index (χ4n) is 4.33. The Kier molecular flexibility index (Phi) is 8.55. The van der Waals surface area contributed by atoms with Gasteiger partial charge >= 0.3 is 6.18 Å². The summed E-state index contributed by atoms with van der Waals surface area (Å²) in [4.78, 5) is 38.8. The molecule has 2 aliphatic rings. The Morgan fingerprint density at radius 1 is 0.974 bits per heavy atom. The van der Waals surface area contributed by atoms with Gasteiger partial charge in [0.1, 0.15) is 18.1 Å². The minimum absolute atomic E-state index is 0.0471. The van der Waals surface area contributed by atoms with Crippen LogP contribution in [0, 0.1) is 0 Å². The molecule has 13 heteroatoms. The number of amides is 3. The molecule has 0 aromatic heterocycles. The molecule has 1 atom stereocenters. The number of para-hydroxylation sites is 1. The molecule has 0 saturated heterocycles. The molecule has 0 bridgehead atoms. The maximum atomic E-state index is 13.7. The number of carbonyl (C=O) groups is 3. The number of carbonyl (C=O) groups excluding carboxylic acids is 3. The fraction of sp³-hybridized carbons (Fsp3) is 0.400. The summed E-state index contributed by atoms with van der Waals surface area (Å²) in [5.74, 6) is -2.66. The number of halogens is 3. The van der Waals surface area contributed by atoms with Gasteiger partial charge in [-0.25, -0.2) is 0 Å². The van der Waals surface area contributed by atoms with Crippen LogP contribution in [0.2, 0.25) is 0 Å². The molecule has 1 unspecified atom stereocenters. The van der Waals surface area contributed by atoms with Gasteiger partial charge < -0.3 is 25.0 Å². The second kappa shape index (κ2) is 11.8. The molecule has 0 radical (unpaired) electrons. The van der Waals surface area contributed by atoms with E-state index >= 15 is 0 Å². The highest BCUT2D eigenvalue weighted by Crippen LogP contribution is 2.37. The summed E-state index contributed by atoms with van der Waals surface area (Å²) in [6, 6.07) is 8.93. The monoisotopic (exact) mass is 553 g/mol. The zero-order valence-electron chi connectivity index (χ0n) is 20.2. The van der Waals surface area contributed by atoms with E-state index in [0.29, 0.717) is 22.1 Å². The smallest absolute Gasteiger partial charge is 0.418 e. The summed E-state index contributed by atoms with van der Waals surface area (Å²) >= 11 is 0. The molecule has 204 valence electrons. The number of hydrogen-bond donors (Lipinski definition) is 2. The number of nitrogens with one attached hydrogen (secondary N) is 2. The Morgan fingerprint density at radius 2 is 1.68 bits per heavy atom. The van der Waals surface area contributed by atoms with E-state index in [-0.39, 0.29) is 12.8 Å². The number of nitrogens with zero attached hydrogens (tertiary/aromatic N) is 1. The zero-order chi connectivity index (χ0) is 27.3. The average molecular weight is 554 g/mol. The number of hydrogen-bond acceptors (Lipinski definition) is 6. The molecular weight excluding hydrogens is 527 g/mol. The van der Waals surface area contributed by atoms with Gasteiger partial charge in [0.05, 0.1) is 11.3 Å². The molecule has 1 saturated carbocycles. The van der Waals surface area contributed by atoms with Gasteiger partial charge in [-0.3, -0.25) is 18.6 Å². The van der Waals surface area contributed by atoms with Gasteiger partial charge in [0.15, 0.2) is 11.5 Å². The summed E-state index contributed by atoms with van der Waals surface area (Å²) < 4.78 is 64.2. The van der Waals surface area contributed by atoms with Gasteiger partial charge in [0, 0.05) is 28.6 Å². The first-order valence-electron chi connectivity index (χ1n) is 11.9. The molecule has 2 aromatic rings. The van der Waals surface area contributed by atoms with Gasteiger partial charge in [0.25, 0.3) is 0 Å². The summed E-state index contributed by atoms with van der Waals surface area (Å²) in [7, 11) is -2.07. The van der Waals surface area contributed by atoms with Crippen molar-refractivity contribution in [2.24, 2.45) is 0 Å². The van der Waals surface area contributed by atoms with Gasteiger partial charge in [0.2, 0.25) is 24.5 Å². The molecule has 0 spiro atoms. The molecule has 2 aromatic carbocycles. The Bertz CT molecular complexity index is 1230. The highest BCUT2D eigenvalue weighted by Gasteiger charge is 2.36. The first kappa shape index (κ1) is 27.4. The van der Waals surface area contributed by atoms with E-state index in [1.807, 2.05) is 0 Å². The van der Waals surface area contributed by atoms with Crippen molar-refractivity contribution in [1.82, 2.24) is 5.32 Å². The fourth-order valence-corrected chi connectivity index (χ4v) is 5.23. The summed E-state index contributed by atoms with van der Waals surface area (Å²) in [6.07, 6.45) is -1.43. The third kappa shape index (κ3) is 7.03. The Morgan fingerprint density at radius 3 is 2.42 bits per heavy atom. The largest absolute Gasteiger partial charge is 0.454 e. The maximum Gasteiger partial charge on any atom is 0.418 e. The molecule has 2 N–H and O–H groups in total. The summed E-state index contributed by atoms with van der Waals surface area (Å²) in [5, 5.41) is 5.28. The van der Waals surface area contributed by atoms with Crippen LogP contribution in [-0.4, -0.2) is 52.8 Å². The topological polar surface area (TPSA) is 114 Å². The van der Waals surface area contributed by atoms with Crippen molar-refractivity contribution < 1.29 is 41.2 Å². The average Bonchev–Trinajstić information content (AvgIpc) is 3.53. The molecule has 1 aliphatic heterocycles. The van der Waals surface area contributed by atoms with Gasteiger partial charge in [-0.1, -0.05) is 25.0 Å². The normalized spacial score (nSPS) is 15.7. The number of alkyl halides is 3. The van der Waals surface area contributed by atoms with Crippen molar-refractivity contribution in [1.29, 1.82) is 0 Å². The lowest BCUT2D eigenvalue weighted by Crippen LogP contribution is -2.46. The van der Waals surface area contributed by atoms with E-state index in [1.54, 1.807) is 12.1 Å². The molecule has 9 nitrogen and oxygen atoms in total. The van der Waals surface area contributed by atoms with E-state index in [1.165, 1.54) is 18.2 Å². The van der Waals surface area contributed by atoms with E-state index in [9.17, 15) is 31.8 Å². The summed E-state index contributed by atoms with van der Waals surface area (Å²) in [6.45, 7) is -0.630. The lowest BCUT2D eigenvalue weighted by Gasteiger charge is -2.26. The zero-order valence-corrected chi connectivity index (χ0v) is 21.0. The van der Waals surface area contributed by atoms with Crippen molar-refractivity contribution in [2.75, 3.05) is 35.1 Å². The molecule has 3 amide bonds. The van der Waals surface area contributed by atoms with Crippen LogP contribution in [0.3, 0.4) is 0 Å². The standard InChI is InChI=1S/C25H26F3N3O6S/c26-25(27,28)18-7-3-4-8-19(18)31(12-22(32)29-16-5-1-2-6-16)24(34)14-38(35)13-23(33)30-17-9-10-20-21(11-17)37-15-36-20/h3-4,7-11,16H,1-2,5-6,12-15H2,(H,29,32)(H,30,33). The highest BCUT2D eigenvalue weighted by atomic mass is 32.2. The number of rotatable bonds is 9. The second-order valence-corrected chi connectivity index (χ2v) is 10.3.